The molecule has 2 rings (SSSR count). The Morgan fingerprint density at radius 1 is 1.17 bits per heavy atom. The van der Waals surface area contributed by atoms with Crippen molar-refractivity contribution in [2.75, 3.05) is 12.3 Å². The fraction of sp³-hybridized carbons (Fsp3) is 0.619. The highest BCUT2D eigenvalue weighted by Crippen LogP contribution is 2.33. The number of hydrogen-bond acceptors (Lipinski definition) is 2. The van der Waals surface area contributed by atoms with E-state index in [0.717, 1.165) is 36.9 Å². The van der Waals surface area contributed by atoms with E-state index in [0.29, 0.717) is 6.04 Å². The highest BCUT2D eigenvalue weighted by Gasteiger charge is 2.27. The molecule has 0 saturated carbocycles. The smallest absolute Gasteiger partial charge is 0.0346 e. The number of rotatable bonds is 7. The van der Waals surface area contributed by atoms with Crippen molar-refractivity contribution < 1.29 is 0 Å². The van der Waals surface area contributed by atoms with Gasteiger partial charge in [-0.15, -0.1) is 0 Å². The first-order chi connectivity index (χ1) is 11.1. The van der Waals surface area contributed by atoms with Gasteiger partial charge in [0.15, 0.2) is 0 Å². The van der Waals surface area contributed by atoms with Gasteiger partial charge < -0.3 is 11.1 Å². The van der Waals surface area contributed by atoms with Crippen molar-refractivity contribution in [1.82, 2.24) is 5.32 Å². The van der Waals surface area contributed by atoms with Gasteiger partial charge in [-0.05, 0) is 61.3 Å². The number of nitrogens with one attached hydrogen (secondary N) is 1. The molecule has 1 aliphatic rings. The lowest BCUT2D eigenvalue weighted by molar-refractivity contribution is 0.270. The van der Waals surface area contributed by atoms with E-state index in [1.165, 1.54) is 30.4 Å². The van der Waals surface area contributed by atoms with Crippen molar-refractivity contribution in [3.63, 3.8) is 0 Å². The van der Waals surface area contributed by atoms with E-state index in [4.69, 9.17) is 5.73 Å². The third-order valence-electron chi connectivity index (χ3n) is 5.61. The van der Waals surface area contributed by atoms with Crippen LogP contribution in [-0.2, 0) is 12.8 Å². The van der Waals surface area contributed by atoms with Crippen molar-refractivity contribution in [3.05, 3.63) is 41.0 Å². The predicted octanol–water partition coefficient (Wildman–Crippen LogP) is 4.73. The van der Waals surface area contributed by atoms with Crippen molar-refractivity contribution >= 4 is 5.69 Å². The molecule has 0 heterocycles. The lowest BCUT2D eigenvalue weighted by Gasteiger charge is -2.35. The molecule has 2 nitrogen and oxygen atoms in total. The maximum Gasteiger partial charge on any atom is 0.0346 e. The van der Waals surface area contributed by atoms with Gasteiger partial charge in [0.05, 0.1) is 0 Å². The van der Waals surface area contributed by atoms with Gasteiger partial charge in [0.25, 0.3) is 0 Å². The molecule has 3 atom stereocenters. The molecule has 0 aromatic heterocycles. The van der Waals surface area contributed by atoms with E-state index in [2.05, 4.69) is 57.3 Å². The molecule has 1 aromatic carbocycles. The first kappa shape index (κ1) is 18.1. The number of anilines is 1. The van der Waals surface area contributed by atoms with Gasteiger partial charge in [-0.1, -0.05) is 57.9 Å². The summed E-state index contributed by atoms with van der Waals surface area (Å²) in [4.78, 5) is 0. The van der Waals surface area contributed by atoms with Gasteiger partial charge in [-0.25, -0.2) is 0 Å². The van der Waals surface area contributed by atoms with Gasteiger partial charge in [-0.2, -0.15) is 0 Å². The molecule has 2 heteroatoms. The highest BCUT2D eigenvalue weighted by molar-refractivity contribution is 5.48. The van der Waals surface area contributed by atoms with Crippen LogP contribution in [0.4, 0.5) is 5.69 Å². The Kier molecular flexibility index (Phi) is 6.71. The molecule has 0 spiro atoms. The van der Waals surface area contributed by atoms with Crippen LogP contribution in [0, 0.1) is 11.8 Å². The zero-order chi connectivity index (χ0) is 16.8. The summed E-state index contributed by atoms with van der Waals surface area (Å²) in [6, 6.07) is 7.02. The average molecular weight is 315 g/mol. The van der Waals surface area contributed by atoms with E-state index in [-0.39, 0.29) is 0 Å². The third kappa shape index (κ3) is 4.60. The zero-order valence-corrected chi connectivity index (χ0v) is 15.4. The number of nitrogen functional groups attached to an aromatic ring is 1. The molecular formula is C21H34N2. The first-order valence-electron chi connectivity index (χ1n) is 9.39. The predicted molar refractivity (Wildman–Crippen MR) is 102 cm³/mol. The summed E-state index contributed by atoms with van der Waals surface area (Å²) in [5.74, 6) is 1.56. The van der Waals surface area contributed by atoms with Gasteiger partial charge >= 0.3 is 0 Å². The minimum atomic E-state index is 0.531. The van der Waals surface area contributed by atoms with E-state index < -0.39 is 0 Å². The van der Waals surface area contributed by atoms with Crippen LogP contribution in [0.15, 0.2) is 29.8 Å². The minimum Gasteiger partial charge on any atom is -0.399 e. The molecule has 0 fully saturated rings. The van der Waals surface area contributed by atoms with E-state index in [1.54, 1.807) is 5.57 Å². The number of benzene rings is 1. The fourth-order valence-electron chi connectivity index (χ4n) is 3.82. The molecule has 0 bridgehead atoms. The second-order valence-electron chi connectivity index (χ2n) is 7.03. The lowest BCUT2D eigenvalue weighted by atomic mass is 9.75. The monoisotopic (exact) mass is 314 g/mol. The van der Waals surface area contributed by atoms with Crippen LogP contribution in [0.25, 0.3) is 0 Å². The van der Waals surface area contributed by atoms with Crippen LogP contribution >= 0.6 is 0 Å². The second-order valence-corrected chi connectivity index (χ2v) is 7.03. The van der Waals surface area contributed by atoms with Crippen LogP contribution in [-0.4, -0.2) is 12.6 Å². The summed E-state index contributed by atoms with van der Waals surface area (Å²) in [6.45, 7) is 10.2. The highest BCUT2D eigenvalue weighted by atomic mass is 14.9. The van der Waals surface area contributed by atoms with Crippen LogP contribution in [0.2, 0.25) is 0 Å². The van der Waals surface area contributed by atoms with Crippen LogP contribution < -0.4 is 11.1 Å². The molecule has 23 heavy (non-hydrogen) atoms. The van der Waals surface area contributed by atoms with Crippen LogP contribution in [0.1, 0.15) is 58.1 Å². The van der Waals surface area contributed by atoms with Crippen molar-refractivity contribution in [2.45, 2.75) is 65.8 Å². The Hall–Kier alpha value is -1.28. The van der Waals surface area contributed by atoms with E-state index >= 15 is 0 Å². The largest absolute Gasteiger partial charge is 0.399 e. The molecule has 0 aliphatic heterocycles. The maximum absolute atomic E-state index is 6.00. The first-order valence-corrected chi connectivity index (χ1v) is 9.39. The minimum absolute atomic E-state index is 0.531. The fourth-order valence-corrected chi connectivity index (χ4v) is 3.82. The third-order valence-corrected chi connectivity index (χ3v) is 5.61. The van der Waals surface area contributed by atoms with Gasteiger partial charge in [0.1, 0.15) is 0 Å². The number of aryl methyl sites for hydroxylation is 1. The summed E-state index contributed by atoms with van der Waals surface area (Å²) in [5.41, 5.74) is 11.2. The summed E-state index contributed by atoms with van der Waals surface area (Å²) < 4.78 is 0. The number of hydrogen-bond donors (Lipinski definition) is 2. The topological polar surface area (TPSA) is 38.0 Å². The molecule has 128 valence electrons. The zero-order valence-electron chi connectivity index (χ0n) is 15.4. The Labute approximate surface area is 142 Å². The maximum atomic E-state index is 6.00. The van der Waals surface area contributed by atoms with Gasteiger partial charge in [0, 0.05) is 11.7 Å². The quantitative estimate of drug-likeness (QED) is 0.564. The molecule has 1 aliphatic carbocycles. The second kappa shape index (κ2) is 8.54. The molecule has 3 N–H and O–H groups in total. The summed E-state index contributed by atoms with van der Waals surface area (Å²) >= 11 is 0. The van der Waals surface area contributed by atoms with E-state index in [9.17, 15) is 0 Å². The summed E-state index contributed by atoms with van der Waals surface area (Å²) in [6.07, 6.45) is 8.35. The van der Waals surface area contributed by atoms with Crippen molar-refractivity contribution in [2.24, 2.45) is 11.8 Å². The molecule has 0 amide bonds. The standard InChI is InChI=1S/C21H34N2/c1-5-16-12-18(6-2)15(4)21(14-16)23-11-10-17-8-9-20(22)19(7-3)13-17/h8-9,13-15,18,21,23H,5-7,10-12,22H2,1-4H3. The number of allylic oxidation sites excluding steroid dienone is 1. The Bertz CT molecular complexity index is 533. The lowest BCUT2D eigenvalue weighted by Crippen LogP contribution is -2.40. The van der Waals surface area contributed by atoms with Gasteiger partial charge in [-0.3, -0.25) is 0 Å². The van der Waals surface area contributed by atoms with Crippen molar-refractivity contribution in [1.29, 1.82) is 0 Å². The van der Waals surface area contributed by atoms with E-state index in [1.807, 2.05) is 0 Å². The van der Waals surface area contributed by atoms with Crippen LogP contribution in [0.5, 0.6) is 0 Å². The molecule has 1 aromatic rings. The van der Waals surface area contributed by atoms with Gasteiger partial charge in [0.2, 0.25) is 0 Å². The SMILES string of the molecule is CCC1=CC(NCCc2ccc(N)c(CC)c2)C(C)C(CC)C1. The molecule has 3 unspecified atom stereocenters. The average Bonchev–Trinajstić information content (AvgIpc) is 2.57. The summed E-state index contributed by atoms with van der Waals surface area (Å²) in [5, 5.41) is 3.79. The molecular weight excluding hydrogens is 280 g/mol. The Morgan fingerprint density at radius 2 is 1.96 bits per heavy atom. The Morgan fingerprint density at radius 3 is 2.61 bits per heavy atom. The summed E-state index contributed by atoms with van der Waals surface area (Å²) in [7, 11) is 0. The number of nitrogens with two attached hydrogens (primary N) is 1. The molecule has 0 saturated heterocycles. The van der Waals surface area contributed by atoms with Crippen molar-refractivity contribution in [3.8, 4) is 0 Å². The Balaban J connectivity index is 1.94. The normalized spacial score (nSPS) is 24.5. The van der Waals surface area contributed by atoms with Crippen LogP contribution in [0.3, 0.4) is 0 Å². The molecule has 0 radical (unpaired) electrons.